The number of allylic oxidation sites excluding steroid dienone is 1. The second-order valence-corrected chi connectivity index (χ2v) is 9.66. The summed E-state index contributed by atoms with van der Waals surface area (Å²) in [7, 11) is 1.63. The Bertz CT molecular complexity index is 1500. The SMILES string of the molecule is C=CCc1cc(C=Nn2c(C3CCCCC3)nc3ccccc3c2=O)cc(OC)c1OCc1ccccc1. The number of fused-ring (bicyclic) bond motifs is 1. The molecule has 0 amide bonds. The molecule has 0 radical (unpaired) electrons. The molecule has 194 valence electrons. The summed E-state index contributed by atoms with van der Waals surface area (Å²) < 4.78 is 13.4. The van der Waals surface area contributed by atoms with Crippen molar-refractivity contribution < 1.29 is 9.47 Å². The average Bonchev–Trinajstić information content (AvgIpc) is 2.97. The maximum absolute atomic E-state index is 13.5. The number of hydrogen-bond donors (Lipinski definition) is 0. The molecule has 3 aromatic carbocycles. The molecule has 0 N–H and O–H groups in total. The van der Waals surface area contributed by atoms with Crippen LogP contribution in [0, 0.1) is 0 Å². The molecule has 6 heteroatoms. The minimum absolute atomic E-state index is 0.145. The van der Waals surface area contributed by atoms with E-state index in [1.54, 1.807) is 13.3 Å². The highest BCUT2D eigenvalue weighted by atomic mass is 16.5. The quantitative estimate of drug-likeness (QED) is 0.188. The van der Waals surface area contributed by atoms with E-state index in [0.717, 1.165) is 53.7 Å². The Balaban J connectivity index is 1.53. The summed E-state index contributed by atoms with van der Waals surface area (Å²) in [6.07, 6.45) is 9.70. The molecule has 1 aliphatic carbocycles. The van der Waals surface area contributed by atoms with Crippen LogP contribution in [0.25, 0.3) is 10.9 Å². The minimum atomic E-state index is -0.145. The Hall–Kier alpha value is -4.19. The number of ether oxygens (including phenoxy) is 2. The van der Waals surface area contributed by atoms with E-state index in [2.05, 4.69) is 6.58 Å². The van der Waals surface area contributed by atoms with E-state index in [1.165, 1.54) is 11.1 Å². The van der Waals surface area contributed by atoms with Gasteiger partial charge < -0.3 is 9.47 Å². The molecular weight excluding hydrogens is 474 g/mol. The number of nitrogens with zero attached hydrogens (tertiary/aromatic N) is 3. The molecule has 0 atom stereocenters. The van der Waals surface area contributed by atoms with Crippen LogP contribution in [0.3, 0.4) is 0 Å². The van der Waals surface area contributed by atoms with Gasteiger partial charge in [0.2, 0.25) is 0 Å². The molecule has 1 saturated carbocycles. The van der Waals surface area contributed by atoms with Crippen LogP contribution >= 0.6 is 0 Å². The highest BCUT2D eigenvalue weighted by molar-refractivity contribution is 5.82. The molecule has 1 aromatic heterocycles. The zero-order chi connectivity index (χ0) is 26.3. The monoisotopic (exact) mass is 507 g/mol. The van der Waals surface area contributed by atoms with Gasteiger partial charge in [0.05, 0.1) is 24.2 Å². The third-order valence-corrected chi connectivity index (χ3v) is 7.04. The van der Waals surface area contributed by atoms with E-state index in [-0.39, 0.29) is 11.5 Å². The Morgan fingerprint density at radius 3 is 2.58 bits per heavy atom. The van der Waals surface area contributed by atoms with E-state index in [1.807, 2.05) is 72.8 Å². The normalized spacial score (nSPS) is 14.1. The second kappa shape index (κ2) is 11.9. The first-order valence-corrected chi connectivity index (χ1v) is 13.2. The lowest BCUT2D eigenvalue weighted by atomic mass is 9.88. The lowest BCUT2D eigenvalue weighted by Crippen LogP contribution is -2.25. The fraction of sp³-hybridized carbons (Fsp3) is 0.281. The number of methoxy groups -OCH3 is 1. The zero-order valence-electron chi connectivity index (χ0n) is 21.8. The van der Waals surface area contributed by atoms with Crippen molar-refractivity contribution in [1.82, 2.24) is 9.66 Å². The molecule has 0 unspecified atom stereocenters. The molecule has 0 aliphatic heterocycles. The maximum Gasteiger partial charge on any atom is 0.282 e. The van der Waals surface area contributed by atoms with E-state index in [0.29, 0.717) is 29.9 Å². The van der Waals surface area contributed by atoms with Crippen LogP contribution < -0.4 is 15.0 Å². The summed E-state index contributed by atoms with van der Waals surface area (Å²) in [6.45, 7) is 4.34. The molecule has 0 spiro atoms. The zero-order valence-corrected chi connectivity index (χ0v) is 21.8. The van der Waals surface area contributed by atoms with Crippen LogP contribution in [0.15, 0.2) is 89.3 Å². The molecule has 5 rings (SSSR count). The lowest BCUT2D eigenvalue weighted by molar-refractivity contribution is 0.282. The molecular formula is C32H33N3O3. The fourth-order valence-electron chi connectivity index (χ4n) is 5.11. The van der Waals surface area contributed by atoms with Crippen molar-refractivity contribution in [2.75, 3.05) is 7.11 Å². The Morgan fingerprint density at radius 2 is 1.82 bits per heavy atom. The molecule has 1 aliphatic rings. The molecule has 6 nitrogen and oxygen atoms in total. The van der Waals surface area contributed by atoms with Gasteiger partial charge in [-0.1, -0.05) is 67.8 Å². The predicted molar refractivity (Wildman–Crippen MR) is 152 cm³/mol. The van der Waals surface area contributed by atoms with Gasteiger partial charge in [0.25, 0.3) is 5.56 Å². The van der Waals surface area contributed by atoms with Crippen molar-refractivity contribution in [3.05, 3.63) is 112 Å². The Labute approximate surface area is 223 Å². The van der Waals surface area contributed by atoms with Gasteiger partial charge in [-0.05, 0) is 54.7 Å². The number of hydrogen-bond acceptors (Lipinski definition) is 5. The second-order valence-electron chi connectivity index (χ2n) is 9.66. The maximum atomic E-state index is 13.5. The molecule has 1 fully saturated rings. The fourth-order valence-corrected chi connectivity index (χ4v) is 5.11. The number of benzene rings is 3. The highest BCUT2D eigenvalue weighted by Crippen LogP contribution is 2.34. The number of para-hydroxylation sites is 1. The van der Waals surface area contributed by atoms with Crippen LogP contribution in [0.4, 0.5) is 0 Å². The average molecular weight is 508 g/mol. The number of rotatable bonds is 9. The van der Waals surface area contributed by atoms with Crippen molar-refractivity contribution in [1.29, 1.82) is 0 Å². The highest BCUT2D eigenvalue weighted by Gasteiger charge is 2.22. The van der Waals surface area contributed by atoms with Crippen LogP contribution in [0.2, 0.25) is 0 Å². The largest absolute Gasteiger partial charge is 0.493 e. The third kappa shape index (κ3) is 5.54. The van der Waals surface area contributed by atoms with Gasteiger partial charge in [-0.3, -0.25) is 4.79 Å². The van der Waals surface area contributed by atoms with Gasteiger partial charge in [-0.25, -0.2) is 4.98 Å². The van der Waals surface area contributed by atoms with Crippen LogP contribution in [0.5, 0.6) is 11.5 Å². The van der Waals surface area contributed by atoms with Gasteiger partial charge in [-0.2, -0.15) is 9.78 Å². The first kappa shape index (κ1) is 25.5. The van der Waals surface area contributed by atoms with Crippen LogP contribution in [-0.4, -0.2) is 23.0 Å². The first-order valence-electron chi connectivity index (χ1n) is 13.2. The van der Waals surface area contributed by atoms with E-state index >= 15 is 0 Å². The van der Waals surface area contributed by atoms with E-state index in [4.69, 9.17) is 19.6 Å². The Kier molecular flexibility index (Phi) is 7.98. The van der Waals surface area contributed by atoms with Crippen molar-refractivity contribution >= 4 is 17.1 Å². The third-order valence-electron chi connectivity index (χ3n) is 7.04. The van der Waals surface area contributed by atoms with Gasteiger partial charge in [0.15, 0.2) is 11.5 Å². The topological polar surface area (TPSA) is 65.7 Å². The van der Waals surface area contributed by atoms with E-state index < -0.39 is 0 Å². The van der Waals surface area contributed by atoms with Crippen molar-refractivity contribution in [2.24, 2.45) is 5.10 Å². The molecule has 38 heavy (non-hydrogen) atoms. The van der Waals surface area contributed by atoms with Crippen LogP contribution in [0.1, 0.15) is 60.5 Å². The van der Waals surface area contributed by atoms with Crippen LogP contribution in [-0.2, 0) is 13.0 Å². The summed E-state index contributed by atoms with van der Waals surface area (Å²) >= 11 is 0. The molecule has 4 aromatic rings. The standard InChI is InChI=1S/C32H33N3O3/c1-3-12-26-19-24(20-29(37-2)30(26)38-22-23-13-6-4-7-14-23)21-33-35-31(25-15-8-5-9-16-25)34-28-18-11-10-17-27(28)32(35)36/h3-4,6-7,10-11,13-14,17-21,25H,1,5,8-9,12,15-16,22H2,2H3. The van der Waals surface area contributed by atoms with Crippen molar-refractivity contribution in [3.63, 3.8) is 0 Å². The summed E-state index contributed by atoms with van der Waals surface area (Å²) in [5.41, 5.74) is 3.39. The first-order chi connectivity index (χ1) is 18.7. The van der Waals surface area contributed by atoms with Gasteiger partial charge in [0, 0.05) is 11.5 Å². The summed E-state index contributed by atoms with van der Waals surface area (Å²) in [4.78, 5) is 18.4. The van der Waals surface area contributed by atoms with Gasteiger partial charge in [-0.15, -0.1) is 6.58 Å². The van der Waals surface area contributed by atoms with E-state index in [9.17, 15) is 4.79 Å². The minimum Gasteiger partial charge on any atom is -0.493 e. The molecule has 0 saturated heterocycles. The summed E-state index contributed by atoms with van der Waals surface area (Å²) in [6, 6.07) is 21.4. The van der Waals surface area contributed by atoms with Gasteiger partial charge >= 0.3 is 0 Å². The number of aromatic nitrogens is 2. The predicted octanol–water partition coefficient (Wildman–Crippen LogP) is 6.64. The summed E-state index contributed by atoms with van der Waals surface area (Å²) in [5.74, 6) is 2.25. The van der Waals surface area contributed by atoms with Gasteiger partial charge in [0.1, 0.15) is 12.4 Å². The Morgan fingerprint density at radius 1 is 1.05 bits per heavy atom. The van der Waals surface area contributed by atoms with Crippen molar-refractivity contribution in [3.8, 4) is 11.5 Å². The molecule has 1 heterocycles. The molecule has 0 bridgehead atoms. The van der Waals surface area contributed by atoms with Crippen molar-refractivity contribution in [2.45, 2.75) is 51.0 Å². The lowest BCUT2D eigenvalue weighted by Gasteiger charge is -2.22. The summed E-state index contributed by atoms with van der Waals surface area (Å²) in [5, 5.41) is 5.26. The smallest absolute Gasteiger partial charge is 0.282 e.